The topological polar surface area (TPSA) is 6.48 Å². The molecule has 0 unspecified atom stereocenters. The van der Waals surface area contributed by atoms with Crippen molar-refractivity contribution in [3.63, 3.8) is 0 Å². The van der Waals surface area contributed by atoms with E-state index in [1.54, 1.807) is 0 Å². The van der Waals surface area contributed by atoms with Gasteiger partial charge >= 0.3 is 0 Å². The van der Waals surface area contributed by atoms with Crippen molar-refractivity contribution in [2.75, 3.05) is 9.80 Å². The summed E-state index contributed by atoms with van der Waals surface area (Å²) in [6.45, 7) is 0. The minimum atomic E-state index is 1.12. The van der Waals surface area contributed by atoms with Gasteiger partial charge in [-0.2, -0.15) is 0 Å². The van der Waals surface area contributed by atoms with Gasteiger partial charge in [0.25, 0.3) is 0 Å². The van der Waals surface area contributed by atoms with Crippen molar-refractivity contribution in [3.05, 3.63) is 279 Å². The molecular weight excluding hydrogens is 845 g/mol. The first-order valence-electron chi connectivity index (χ1n) is 24.1. The van der Waals surface area contributed by atoms with E-state index in [4.69, 9.17) is 0 Å². The lowest BCUT2D eigenvalue weighted by molar-refractivity contribution is 1.28. The number of anilines is 6. The minimum absolute atomic E-state index is 1.12. The van der Waals surface area contributed by atoms with E-state index in [0.29, 0.717) is 0 Å². The number of hydrogen-bond acceptors (Lipinski definition) is 2. The summed E-state index contributed by atoms with van der Waals surface area (Å²) < 4.78 is 0. The molecule has 12 aromatic carbocycles. The lowest BCUT2D eigenvalue weighted by Gasteiger charge is -2.25. The van der Waals surface area contributed by atoms with E-state index in [-0.39, 0.29) is 0 Å². The summed E-state index contributed by atoms with van der Waals surface area (Å²) in [6, 6.07) is 101. The smallest absolute Gasteiger partial charge is 0.0462 e. The Balaban J connectivity index is 0.883. The third kappa shape index (κ3) is 7.13. The average molecular weight is 891 g/mol. The van der Waals surface area contributed by atoms with E-state index in [1.165, 1.54) is 88.3 Å². The van der Waals surface area contributed by atoms with Crippen LogP contribution in [0.5, 0.6) is 0 Å². The Labute approximate surface area is 409 Å². The molecule has 0 saturated carbocycles. The second kappa shape index (κ2) is 17.4. The lowest BCUT2D eigenvalue weighted by Crippen LogP contribution is -2.09. The zero-order valence-corrected chi connectivity index (χ0v) is 38.5. The van der Waals surface area contributed by atoms with Crippen LogP contribution in [0.1, 0.15) is 0 Å². The number of para-hydroxylation sites is 4. The monoisotopic (exact) mass is 890 g/mol. The van der Waals surface area contributed by atoms with Crippen molar-refractivity contribution in [1.82, 2.24) is 0 Å². The van der Waals surface area contributed by atoms with Crippen molar-refractivity contribution < 1.29 is 0 Å². The highest BCUT2D eigenvalue weighted by atomic mass is 15.1. The molecule has 70 heavy (non-hydrogen) atoms. The van der Waals surface area contributed by atoms with E-state index in [1.807, 2.05) is 0 Å². The van der Waals surface area contributed by atoms with Gasteiger partial charge in [-0.05, 0) is 161 Å². The third-order valence-electron chi connectivity index (χ3n) is 14.0. The maximum absolute atomic E-state index is 2.33. The molecule has 12 aromatic rings. The standard InChI is InChI=1S/C68H46N2/c1-5-19-54(20-6-1)69(55-21-7-2-8-22-55)58-43-39-49(40-44-58)47-31-35-52(36-32-47)65-60-27-13-14-28-61(60)66(68-63-30-16-18-51-17-15-29-62(64(51)63)67(65)68)53-37-33-48(34-38-53)50-41-45-59(46-42-50)70(56-23-9-3-10-24-56)57-25-11-4-12-26-57/h1-46H. The molecule has 13 rings (SSSR count). The van der Waals surface area contributed by atoms with E-state index < -0.39 is 0 Å². The van der Waals surface area contributed by atoms with Crippen LogP contribution < -0.4 is 9.80 Å². The molecule has 2 heteroatoms. The Morgan fingerprint density at radius 1 is 0.186 bits per heavy atom. The Hall–Kier alpha value is -9.24. The zero-order valence-electron chi connectivity index (χ0n) is 38.5. The van der Waals surface area contributed by atoms with Gasteiger partial charge in [-0.1, -0.05) is 206 Å². The van der Waals surface area contributed by atoms with Crippen LogP contribution >= 0.6 is 0 Å². The molecule has 0 amide bonds. The summed E-state index contributed by atoms with van der Waals surface area (Å²) in [7, 11) is 0. The predicted octanol–water partition coefficient (Wildman–Crippen LogP) is 19.2. The van der Waals surface area contributed by atoms with Gasteiger partial charge in [0.05, 0.1) is 0 Å². The molecule has 0 fully saturated rings. The quantitative estimate of drug-likeness (QED) is 0.135. The summed E-state index contributed by atoms with van der Waals surface area (Å²) in [5.41, 5.74) is 21.6. The van der Waals surface area contributed by atoms with Crippen LogP contribution in [0.4, 0.5) is 34.1 Å². The van der Waals surface area contributed by atoms with Crippen molar-refractivity contribution in [3.8, 4) is 66.8 Å². The Bertz CT molecular complexity index is 3480. The summed E-state index contributed by atoms with van der Waals surface area (Å²) in [6.07, 6.45) is 0. The fourth-order valence-electron chi connectivity index (χ4n) is 10.8. The average Bonchev–Trinajstić information content (AvgIpc) is 3.77. The summed E-state index contributed by atoms with van der Waals surface area (Å²) in [5.74, 6) is 0. The van der Waals surface area contributed by atoms with Gasteiger partial charge in [-0.3, -0.25) is 0 Å². The van der Waals surface area contributed by atoms with Crippen LogP contribution in [0.2, 0.25) is 0 Å². The van der Waals surface area contributed by atoms with Gasteiger partial charge in [-0.25, -0.2) is 0 Å². The lowest BCUT2D eigenvalue weighted by atomic mass is 9.82. The van der Waals surface area contributed by atoms with Gasteiger partial charge in [0, 0.05) is 34.1 Å². The molecule has 2 nitrogen and oxygen atoms in total. The second-order valence-corrected chi connectivity index (χ2v) is 18.0. The first-order valence-corrected chi connectivity index (χ1v) is 24.1. The molecule has 1 aliphatic rings. The maximum Gasteiger partial charge on any atom is 0.0462 e. The SMILES string of the molecule is c1ccc(N(c2ccccc2)c2ccc(-c3ccc(-c4c5c(c(-c6ccc(-c7ccc(N(c8ccccc8)c8ccccc8)cc7)cc6)c6ccccc46)-c4cccc6cccc-5c46)cc3)cc2)cc1. The highest BCUT2D eigenvalue weighted by Crippen LogP contribution is 2.58. The highest BCUT2D eigenvalue weighted by molar-refractivity contribution is 6.27. The number of nitrogens with zero attached hydrogens (tertiary/aromatic N) is 2. The Morgan fingerprint density at radius 2 is 0.457 bits per heavy atom. The first kappa shape index (κ1) is 41.0. The molecule has 0 N–H and O–H groups in total. The Kier molecular flexibility index (Phi) is 10.2. The van der Waals surface area contributed by atoms with Gasteiger partial charge in [0.2, 0.25) is 0 Å². The molecule has 328 valence electrons. The van der Waals surface area contributed by atoms with E-state index >= 15 is 0 Å². The first-order chi connectivity index (χ1) is 34.7. The van der Waals surface area contributed by atoms with Crippen LogP contribution in [0.25, 0.3) is 88.3 Å². The Morgan fingerprint density at radius 3 is 0.786 bits per heavy atom. The summed E-state index contributed by atoms with van der Waals surface area (Å²) in [5, 5.41) is 5.09. The fourth-order valence-corrected chi connectivity index (χ4v) is 10.8. The summed E-state index contributed by atoms with van der Waals surface area (Å²) >= 11 is 0. The normalized spacial score (nSPS) is 11.4. The molecule has 0 bridgehead atoms. The van der Waals surface area contributed by atoms with Crippen LogP contribution in [-0.4, -0.2) is 0 Å². The highest BCUT2D eigenvalue weighted by Gasteiger charge is 2.30. The summed E-state index contributed by atoms with van der Waals surface area (Å²) in [4.78, 5) is 4.61. The molecule has 0 atom stereocenters. The number of benzene rings is 12. The molecule has 0 radical (unpaired) electrons. The number of fused-ring (bicyclic) bond motifs is 4. The molecule has 0 heterocycles. The van der Waals surface area contributed by atoms with Crippen molar-refractivity contribution in [2.45, 2.75) is 0 Å². The fraction of sp³-hybridized carbons (Fsp3) is 0. The van der Waals surface area contributed by atoms with E-state index in [9.17, 15) is 0 Å². The minimum Gasteiger partial charge on any atom is -0.311 e. The van der Waals surface area contributed by atoms with Crippen molar-refractivity contribution in [2.24, 2.45) is 0 Å². The van der Waals surface area contributed by atoms with Crippen molar-refractivity contribution >= 4 is 55.7 Å². The molecule has 1 aliphatic carbocycles. The molecule has 0 aromatic heterocycles. The van der Waals surface area contributed by atoms with Crippen LogP contribution in [0, 0.1) is 0 Å². The molecule has 0 spiro atoms. The van der Waals surface area contributed by atoms with Gasteiger partial charge in [0.1, 0.15) is 0 Å². The number of rotatable bonds is 10. The van der Waals surface area contributed by atoms with Crippen LogP contribution in [0.15, 0.2) is 279 Å². The van der Waals surface area contributed by atoms with E-state index in [0.717, 1.165) is 34.1 Å². The van der Waals surface area contributed by atoms with E-state index in [2.05, 4.69) is 289 Å². The van der Waals surface area contributed by atoms with Gasteiger partial charge in [-0.15, -0.1) is 0 Å². The molecule has 0 aliphatic heterocycles. The van der Waals surface area contributed by atoms with Gasteiger partial charge < -0.3 is 9.80 Å². The number of hydrogen-bond donors (Lipinski definition) is 0. The largest absolute Gasteiger partial charge is 0.311 e. The maximum atomic E-state index is 2.33. The predicted molar refractivity (Wildman–Crippen MR) is 297 cm³/mol. The molecule has 0 saturated heterocycles. The third-order valence-corrected chi connectivity index (χ3v) is 14.0. The zero-order chi connectivity index (χ0) is 46.4. The van der Waals surface area contributed by atoms with Crippen molar-refractivity contribution in [1.29, 1.82) is 0 Å². The second-order valence-electron chi connectivity index (χ2n) is 18.0. The van der Waals surface area contributed by atoms with Crippen LogP contribution in [-0.2, 0) is 0 Å². The molecular formula is C68H46N2. The van der Waals surface area contributed by atoms with Gasteiger partial charge in [0.15, 0.2) is 0 Å². The van der Waals surface area contributed by atoms with Crippen LogP contribution in [0.3, 0.4) is 0 Å².